The van der Waals surface area contributed by atoms with E-state index in [0.29, 0.717) is 13.1 Å². The molecule has 2 rings (SSSR count). The highest BCUT2D eigenvalue weighted by atomic mass is 19.1. The molecule has 2 aliphatic rings. The van der Waals surface area contributed by atoms with E-state index in [1.54, 1.807) is 0 Å². The lowest BCUT2D eigenvalue weighted by Crippen LogP contribution is -2.46. The fourth-order valence-corrected chi connectivity index (χ4v) is 2.79. The summed E-state index contributed by atoms with van der Waals surface area (Å²) >= 11 is 0. The van der Waals surface area contributed by atoms with Crippen molar-refractivity contribution < 1.29 is 13.9 Å². The van der Waals surface area contributed by atoms with Crippen LogP contribution >= 0.6 is 0 Å². The number of nitrogens with zero attached hydrogens (tertiary/aromatic N) is 1. The van der Waals surface area contributed by atoms with Gasteiger partial charge in [0, 0.05) is 18.5 Å². The molecule has 2 unspecified atom stereocenters. The van der Waals surface area contributed by atoms with Crippen molar-refractivity contribution in [1.82, 2.24) is 10.2 Å². The molecule has 4 nitrogen and oxygen atoms in total. The Labute approximate surface area is 108 Å². The van der Waals surface area contributed by atoms with Crippen LogP contribution in [-0.4, -0.2) is 48.9 Å². The molecule has 0 aromatic heterocycles. The number of likely N-dealkylation sites (tertiary alicyclic amines) is 1. The highest BCUT2D eigenvalue weighted by Crippen LogP contribution is 2.39. The maximum absolute atomic E-state index is 14.2. The first-order valence-electron chi connectivity index (χ1n) is 6.65. The number of carbonyl (C=O) groups excluding carboxylic acids is 1. The monoisotopic (exact) mass is 258 g/mol. The lowest BCUT2D eigenvalue weighted by Gasteiger charge is -2.35. The fourth-order valence-electron chi connectivity index (χ4n) is 2.79. The summed E-state index contributed by atoms with van der Waals surface area (Å²) < 4.78 is 19.5. The summed E-state index contributed by atoms with van der Waals surface area (Å²) in [4.78, 5) is 13.5. The van der Waals surface area contributed by atoms with Crippen LogP contribution in [0.5, 0.6) is 0 Å². The highest BCUT2D eigenvalue weighted by molar-refractivity contribution is 5.68. The average Bonchev–Trinajstić information content (AvgIpc) is 2.56. The summed E-state index contributed by atoms with van der Waals surface area (Å²) in [6.45, 7) is 7.71. The van der Waals surface area contributed by atoms with Gasteiger partial charge < -0.3 is 15.0 Å². The first-order chi connectivity index (χ1) is 8.32. The Hall–Kier alpha value is -0.840. The quantitative estimate of drug-likeness (QED) is 0.722. The zero-order valence-electron chi connectivity index (χ0n) is 11.5. The topological polar surface area (TPSA) is 41.6 Å². The van der Waals surface area contributed by atoms with Gasteiger partial charge in [0.05, 0.1) is 6.54 Å². The maximum Gasteiger partial charge on any atom is 0.410 e. The zero-order chi connectivity index (χ0) is 13.4. The molecule has 0 aromatic rings. The molecule has 104 valence electrons. The summed E-state index contributed by atoms with van der Waals surface area (Å²) in [7, 11) is 0. The third-order valence-electron chi connectivity index (χ3n) is 3.71. The van der Waals surface area contributed by atoms with Crippen molar-refractivity contribution in [3.8, 4) is 0 Å². The Morgan fingerprint density at radius 1 is 1.50 bits per heavy atom. The summed E-state index contributed by atoms with van der Waals surface area (Å²) in [5.41, 5.74) is -0.918. The Morgan fingerprint density at radius 3 is 2.78 bits per heavy atom. The third-order valence-corrected chi connectivity index (χ3v) is 3.71. The van der Waals surface area contributed by atoms with Gasteiger partial charge in [-0.3, -0.25) is 0 Å². The Morgan fingerprint density at radius 2 is 2.22 bits per heavy atom. The molecule has 2 aliphatic heterocycles. The van der Waals surface area contributed by atoms with E-state index in [9.17, 15) is 9.18 Å². The van der Waals surface area contributed by atoms with Crippen LogP contribution in [0.2, 0.25) is 0 Å². The molecule has 0 aromatic carbocycles. The van der Waals surface area contributed by atoms with Crippen molar-refractivity contribution in [3.63, 3.8) is 0 Å². The Kier molecular flexibility index (Phi) is 3.54. The van der Waals surface area contributed by atoms with E-state index in [-0.39, 0.29) is 6.54 Å². The van der Waals surface area contributed by atoms with E-state index in [2.05, 4.69) is 5.32 Å². The minimum atomic E-state index is -0.946. The van der Waals surface area contributed by atoms with Gasteiger partial charge in [-0.1, -0.05) is 0 Å². The van der Waals surface area contributed by atoms with Crippen LogP contribution in [0.4, 0.5) is 9.18 Å². The number of halogens is 1. The first kappa shape index (κ1) is 13.6. The molecule has 2 fully saturated rings. The first-order valence-corrected chi connectivity index (χ1v) is 6.65. The van der Waals surface area contributed by atoms with Crippen LogP contribution in [0.25, 0.3) is 0 Å². The van der Waals surface area contributed by atoms with E-state index >= 15 is 0 Å². The molecular formula is C13H23FN2O2. The van der Waals surface area contributed by atoms with Crippen molar-refractivity contribution >= 4 is 6.09 Å². The fraction of sp³-hybridized carbons (Fsp3) is 0.923. The number of carbonyl (C=O) groups is 1. The van der Waals surface area contributed by atoms with Gasteiger partial charge in [0.15, 0.2) is 0 Å². The second-order valence-corrected chi connectivity index (χ2v) is 6.47. The van der Waals surface area contributed by atoms with Gasteiger partial charge in [-0.2, -0.15) is 0 Å². The average molecular weight is 258 g/mol. The molecule has 2 heterocycles. The molecule has 0 bridgehead atoms. The summed E-state index contributed by atoms with van der Waals surface area (Å²) in [5.74, 6) is 0. The van der Waals surface area contributed by atoms with Crippen molar-refractivity contribution in [2.24, 2.45) is 5.41 Å². The van der Waals surface area contributed by atoms with Gasteiger partial charge in [0.1, 0.15) is 11.8 Å². The number of rotatable bonds is 0. The number of alkyl halides is 1. The van der Waals surface area contributed by atoms with Crippen LogP contribution in [0, 0.1) is 5.41 Å². The van der Waals surface area contributed by atoms with Gasteiger partial charge in [0.2, 0.25) is 0 Å². The second-order valence-electron chi connectivity index (χ2n) is 6.47. The number of ether oxygens (including phenoxy) is 1. The predicted molar refractivity (Wildman–Crippen MR) is 67.2 cm³/mol. The summed E-state index contributed by atoms with van der Waals surface area (Å²) in [6.07, 6.45) is 0.480. The van der Waals surface area contributed by atoms with Crippen molar-refractivity contribution in [2.75, 3.05) is 26.2 Å². The van der Waals surface area contributed by atoms with E-state index in [4.69, 9.17) is 4.74 Å². The Bertz CT molecular complexity index is 321. The van der Waals surface area contributed by atoms with E-state index < -0.39 is 23.3 Å². The minimum absolute atomic E-state index is 0.163. The molecule has 0 aliphatic carbocycles. The molecule has 2 saturated heterocycles. The molecule has 1 N–H and O–H groups in total. The van der Waals surface area contributed by atoms with Crippen molar-refractivity contribution in [2.45, 2.75) is 45.4 Å². The zero-order valence-corrected chi connectivity index (χ0v) is 11.5. The molecule has 0 radical (unpaired) electrons. The van der Waals surface area contributed by atoms with E-state index in [1.807, 2.05) is 20.8 Å². The SMILES string of the molecule is CC(C)(C)OC(=O)N1CC(F)C2(CCCNC2)C1. The van der Waals surface area contributed by atoms with Crippen LogP contribution in [0.1, 0.15) is 33.6 Å². The lowest BCUT2D eigenvalue weighted by atomic mass is 9.79. The minimum Gasteiger partial charge on any atom is -0.444 e. The standard InChI is InChI=1S/C13H23FN2O2/c1-12(2,3)18-11(17)16-7-10(14)13(9-16)5-4-6-15-8-13/h10,15H,4-9H2,1-3H3. The molecule has 1 spiro atoms. The molecular weight excluding hydrogens is 235 g/mol. The second kappa shape index (κ2) is 4.68. The van der Waals surface area contributed by atoms with Crippen LogP contribution in [0.3, 0.4) is 0 Å². The normalized spacial score (nSPS) is 32.9. The predicted octanol–water partition coefficient (Wildman–Crippen LogP) is 1.95. The highest BCUT2D eigenvalue weighted by Gasteiger charge is 2.49. The number of piperidine rings is 1. The molecule has 2 atom stereocenters. The van der Waals surface area contributed by atoms with Crippen LogP contribution < -0.4 is 5.32 Å². The number of nitrogens with one attached hydrogen (secondary N) is 1. The largest absolute Gasteiger partial charge is 0.444 e. The van der Waals surface area contributed by atoms with Gasteiger partial charge in [0.25, 0.3) is 0 Å². The Balaban J connectivity index is 1.99. The van der Waals surface area contributed by atoms with E-state index in [1.165, 1.54) is 4.90 Å². The van der Waals surface area contributed by atoms with Gasteiger partial charge >= 0.3 is 6.09 Å². The number of hydrogen-bond donors (Lipinski definition) is 1. The summed E-state index contributed by atoms with van der Waals surface area (Å²) in [6, 6.07) is 0. The maximum atomic E-state index is 14.2. The molecule has 18 heavy (non-hydrogen) atoms. The van der Waals surface area contributed by atoms with Gasteiger partial charge in [-0.05, 0) is 40.2 Å². The van der Waals surface area contributed by atoms with Gasteiger partial charge in [-0.25, -0.2) is 9.18 Å². The number of hydrogen-bond acceptors (Lipinski definition) is 3. The van der Waals surface area contributed by atoms with Crippen molar-refractivity contribution in [1.29, 1.82) is 0 Å². The lowest BCUT2D eigenvalue weighted by molar-refractivity contribution is 0.0266. The number of amides is 1. The van der Waals surface area contributed by atoms with Gasteiger partial charge in [-0.15, -0.1) is 0 Å². The van der Waals surface area contributed by atoms with Crippen LogP contribution in [-0.2, 0) is 4.74 Å². The summed E-state index contributed by atoms with van der Waals surface area (Å²) in [5, 5.41) is 3.24. The van der Waals surface area contributed by atoms with Crippen LogP contribution in [0.15, 0.2) is 0 Å². The van der Waals surface area contributed by atoms with E-state index in [0.717, 1.165) is 19.4 Å². The third kappa shape index (κ3) is 2.76. The smallest absolute Gasteiger partial charge is 0.410 e. The molecule has 1 amide bonds. The van der Waals surface area contributed by atoms with Crippen molar-refractivity contribution in [3.05, 3.63) is 0 Å². The molecule has 5 heteroatoms. The molecule has 0 saturated carbocycles.